The Bertz CT molecular complexity index is 437. The third kappa shape index (κ3) is 1.34. The summed E-state index contributed by atoms with van der Waals surface area (Å²) in [6.07, 6.45) is 1.71. The zero-order valence-electron chi connectivity index (χ0n) is 7.20. The highest BCUT2D eigenvalue weighted by atomic mass is 14.7. The van der Waals surface area contributed by atoms with Crippen LogP contribution in [0.1, 0.15) is 5.56 Å². The molecule has 0 unspecified atom stereocenters. The van der Waals surface area contributed by atoms with E-state index in [1.54, 1.807) is 12.3 Å². The maximum atomic E-state index is 5.80. The third-order valence-electron chi connectivity index (χ3n) is 2.08. The summed E-state index contributed by atoms with van der Waals surface area (Å²) < 4.78 is 0. The average molecular weight is 173 g/mol. The Hall–Kier alpha value is -1.61. The maximum Gasteiger partial charge on any atom is 0.0722 e. The van der Waals surface area contributed by atoms with Gasteiger partial charge in [0.1, 0.15) is 0 Å². The van der Waals surface area contributed by atoms with Crippen LogP contribution in [-0.2, 0) is 6.54 Å². The predicted molar refractivity (Wildman–Crippen MR) is 54.0 cm³/mol. The first-order chi connectivity index (χ1) is 6.31. The van der Waals surface area contributed by atoms with Crippen molar-refractivity contribution < 1.29 is 0 Å². The zero-order valence-corrected chi connectivity index (χ0v) is 7.20. The minimum absolute atomic E-state index is 0.532. The van der Waals surface area contributed by atoms with Crippen LogP contribution in [0.2, 0.25) is 0 Å². The molecule has 2 rings (SSSR count). The van der Waals surface area contributed by atoms with Crippen LogP contribution in [0.25, 0.3) is 10.9 Å². The number of hydrogen-bond donors (Lipinski definition) is 2. The normalized spacial score (nSPS) is 10.5. The molecule has 13 heavy (non-hydrogen) atoms. The fourth-order valence-electron chi connectivity index (χ4n) is 1.34. The molecule has 3 nitrogen and oxygen atoms in total. The van der Waals surface area contributed by atoms with Crippen LogP contribution in [-0.4, -0.2) is 4.98 Å². The average Bonchev–Trinajstić information content (AvgIpc) is 2.18. The number of anilines is 1. The first-order valence-corrected chi connectivity index (χ1v) is 4.14. The van der Waals surface area contributed by atoms with Gasteiger partial charge in [-0.3, -0.25) is 4.98 Å². The minimum atomic E-state index is 0.532. The van der Waals surface area contributed by atoms with Gasteiger partial charge in [-0.15, -0.1) is 0 Å². The van der Waals surface area contributed by atoms with Gasteiger partial charge in [0.2, 0.25) is 0 Å². The summed E-state index contributed by atoms with van der Waals surface area (Å²) in [6.45, 7) is 0.532. The number of nitrogens with two attached hydrogens (primary N) is 2. The number of hydrogen-bond acceptors (Lipinski definition) is 3. The van der Waals surface area contributed by atoms with Crippen molar-refractivity contribution in [1.29, 1.82) is 0 Å². The molecule has 0 amide bonds. The Balaban J connectivity index is 2.74. The van der Waals surface area contributed by atoms with Crippen molar-refractivity contribution in [1.82, 2.24) is 4.98 Å². The van der Waals surface area contributed by atoms with Gasteiger partial charge in [-0.2, -0.15) is 0 Å². The molecule has 3 heteroatoms. The molecule has 1 aromatic heterocycles. The Morgan fingerprint density at radius 1 is 1.23 bits per heavy atom. The van der Waals surface area contributed by atoms with E-state index < -0.39 is 0 Å². The molecule has 0 bridgehead atoms. The van der Waals surface area contributed by atoms with E-state index in [4.69, 9.17) is 11.5 Å². The molecule has 0 atom stereocenters. The maximum absolute atomic E-state index is 5.80. The van der Waals surface area contributed by atoms with Gasteiger partial charge >= 0.3 is 0 Å². The third-order valence-corrected chi connectivity index (χ3v) is 2.08. The van der Waals surface area contributed by atoms with Crippen molar-refractivity contribution >= 4 is 16.6 Å². The Morgan fingerprint density at radius 3 is 2.85 bits per heavy atom. The van der Waals surface area contributed by atoms with Gasteiger partial charge in [0, 0.05) is 23.8 Å². The van der Waals surface area contributed by atoms with E-state index in [1.165, 1.54) is 0 Å². The van der Waals surface area contributed by atoms with Crippen molar-refractivity contribution in [3.63, 3.8) is 0 Å². The number of benzene rings is 1. The number of aromatic nitrogens is 1. The van der Waals surface area contributed by atoms with Crippen LogP contribution >= 0.6 is 0 Å². The molecule has 1 heterocycles. The topological polar surface area (TPSA) is 64.9 Å². The van der Waals surface area contributed by atoms with Crippen LogP contribution in [0.3, 0.4) is 0 Å². The second-order valence-electron chi connectivity index (χ2n) is 2.96. The highest BCUT2D eigenvalue weighted by molar-refractivity contribution is 5.90. The molecule has 2 aromatic rings. The van der Waals surface area contributed by atoms with Crippen LogP contribution in [0, 0.1) is 0 Å². The number of pyridine rings is 1. The lowest BCUT2D eigenvalue weighted by molar-refractivity contribution is 1.07. The molecule has 0 aliphatic carbocycles. The summed E-state index contributed by atoms with van der Waals surface area (Å²) in [5.41, 5.74) is 14.1. The summed E-state index contributed by atoms with van der Waals surface area (Å²) in [7, 11) is 0. The number of nitrogens with zero attached hydrogens (tertiary/aromatic N) is 1. The standard InChI is InChI=1S/C10H11N3/c11-6-7-1-2-10-8(5-7)9(12)3-4-13-10/h1-5H,6,11H2,(H2,12,13). The second kappa shape index (κ2) is 3.03. The van der Waals surface area contributed by atoms with Crippen molar-refractivity contribution in [2.75, 3.05) is 5.73 Å². The number of fused-ring (bicyclic) bond motifs is 1. The van der Waals surface area contributed by atoms with Crippen molar-refractivity contribution in [2.45, 2.75) is 6.54 Å². The van der Waals surface area contributed by atoms with E-state index in [-0.39, 0.29) is 0 Å². The van der Waals surface area contributed by atoms with E-state index in [1.807, 2.05) is 18.2 Å². The van der Waals surface area contributed by atoms with E-state index in [0.717, 1.165) is 22.2 Å². The largest absolute Gasteiger partial charge is 0.398 e. The van der Waals surface area contributed by atoms with Crippen LogP contribution in [0.5, 0.6) is 0 Å². The molecule has 4 N–H and O–H groups in total. The van der Waals surface area contributed by atoms with Gasteiger partial charge < -0.3 is 11.5 Å². The molecule has 0 saturated heterocycles. The van der Waals surface area contributed by atoms with Gasteiger partial charge in [-0.25, -0.2) is 0 Å². The van der Waals surface area contributed by atoms with Crippen LogP contribution in [0.4, 0.5) is 5.69 Å². The Morgan fingerprint density at radius 2 is 2.08 bits per heavy atom. The molecule has 66 valence electrons. The molecular weight excluding hydrogens is 162 g/mol. The molecule has 0 spiro atoms. The molecule has 1 aromatic carbocycles. The van der Waals surface area contributed by atoms with Crippen molar-refractivity contribution in [2.24, 2.45) is 5.73 Å². The molecule has 0 aliphatic heterocycles. The molecular formula is C10H11N3. The summed E-state index contributed by atoms with van der Waals surface area (Å²) in [6, 6.07) is 7.68. The van der Waals surface area contributed by atoms with Crippen LogP contribution < -0.4 is 11.5 Å². The van der Waals surface area contributed by atoms with E-state index in [2.05, 4.69) is 4.98 Å². The fourth-order valence-corrected chi connectivity index (χ4v) is 1.34. The summed E-state index contributed by atoms with van der Waals surface area (Å²) in [5.74, 6) is 0. The van der Waals surface area contributed by atoms with E-state index in [0.29, 0.717) is 6.54 Å². The Labute approximate surface area is 76.4 Å². The van der Waals surface area contributed by atoms with E-state index >= 15 is 0 Å². The first kappa shape index (κ1) is 8.01. The quantitative estimate of drug-likeness (QED) is 0.682. The molecule has 0 saturated carbocycles. The van der Waals surface area contributed by atoms with Crippen LogP contribution in [0.15, 0.2) is 30.5 Å². The molecule has 0 fully saturated rings. The highest BCUT2D eigenvalue weighted by Crippen LogP contribution is 2.19. The predicted octanol–water partition coefficient (Wildman–Crippen LogP) is 1.28. The van der Waals surface area contributed by atoms with Gasteiger partial charge in [0.05, 0.1) is 5.52 Å². The lowest BCUT2D eigenvalue weighted by atomic mass is 10.1. The van der Waals surface area contributed by atoms with Gasteiger partial charge in [-0.05, 0) is 23.8 Å². The first-order valence-electron chi connectivity index (χ1n) is 4.14. The highest BCUT2D eigenvalue weighted by Gasteiger charge is 1.98. The number of nitrogen functional groups attached to an aromatic ring is 1. The fraction of sp³-hybridized carbons (Fsp3) is 0.100. The minimum Gasteiger partial charge on any atom is -0.398 e. The second-order valence-corrected chi connectivity index (χ2v) is 2.96. The van der Waals surface area contributed by atoms with Gasteiger partial charge in [0.15, 0.2) is 0 Å². The van der Waals surface area contributed by atoms with E-state index in [9.17, 15) is 0 Å². The Kier molecular flexibility index (Phi) is 1.87. The monoisotopic (exact) mass is 173 g/mol. The van der Waals surface area contributed by atoms with Crippen molar-refractivity contribution in [3.8, 4) is 0 Å². The van der Waals surface area contributed by atoms with Gasteiger partial charge in [0.25, 0.3) is 0 Å². The van der Waals surface area contributed by atoms with Crippen molar-refractivity contribution in [3.05, 3.63) is 36.0 Å². The van der Waals surface area contributed by atoms with Gasteiger partial charge in [-0.1, -0.05) is 6.07 Å². The lowest BCUT2D eigenvalue weighted by Gasteiger charge is -2.02. The summed E-state index contributed by atoms with van der Waals surface area (Å²) in [5, 5.41) is 0.977. The smallest absolute Gasteiger partial charge is 0.0722 e. The molecule has 0 radical (unpaired) electrons. The SMILES string of the molecule is NCc1ccc2nccc(N)c2c1. The summed E-state index contributed by atoms with van der Waals surface area (Å²) >= 11 is 0. The zero-order chi connectivity index (χ0) is 9.26. The lowest BCUT2D eigenvalue weighted by Crippen LogP contribution is -1.97. The summed E-state index contributed by atoms with van der Waals surface area (Å²) in [4.78, 5) is 4.20. The number of rotatable bonds is 1. The molecule has 0 aliphatic rings.